The molecule has 0 spiro atoms. The van der Waals surface area contributed by atoms with Crippen molar-refractivity contribution < 1.29 is 18.6 Å². The Morgan fingerprint density at radius 1 is 1.12 bits per heavy atom. The Bertz CT molecular complexity index is 749. The highest BCUT2D eigenvalue weighted by Gasteiger charge is 2.30. The first-order valence-corrected chi connectivity index (χ1v) is 9.23. The van der Waals surface area contributed by atoms with Crippen molar-refractivity contribution in [3.63, 3.8) is 0 Å². The van der Waals surface area contributed by atoms with Crippen molar-refractivity contribution in [2.45, 2.75) is 19.3 Å². The SMILES string of the molecule is CCN1CCC(c2ccc(F)cc2)C(COc2ccc3c(c2)OCO3)C1. The topological polar surface area (TPSA) is 30.9 Å². The van der Waals surface area contributed by atoms with Gasteiger partial charge in [-0.15, -0.1) is 0 Å². The minimum atomic E-state index is -0.187. The maximum absolute atomic E-state index is 13.3. The number of likely N-dealkylation sites (tertiary alicyclic amines) is 1. The lowest BCUT2D eigenvalue weighted by Crippen LogP contribution is -2.41. The van der Waals surface area contributed by atoms with Crippen LogP contribution in [-0.2, 0) is 0 Å². The lowest BCUT2D eigenvalue weighted by molar-refractivity contribution is 0.115. The van der Waals surface area contributed by atoms with Gasteiger partial charge in [-0.25, -0.2) is 4.39 Å². The van der Waals surface area contributed by atoms with Crippen molar-refractivity contribution in [3.05, 3.63) is 53.8 Å². The van der Waals surface area contributed by atoms with Gasteiger partial charge in [0, 0.05) is 18.5 Å². The summed E-state index contributed by atoms with van der Waals surface area (Å²) >= 11 is 0. The van der Waals surface area contributed by atoms with Crippen LogP contribution in [0.5, 0.6) is 17.2 Å². The molecule has 0 aliphatic carbocycles. The highest BCUT2D eigenvalue weighted by molar-refractivity contribution is 5.46. The second-order valence-electron chi connectivity index (χ2n) is 6.93. The number of hydrogen-bond acceptors (Lipinski definition) is 4. The molecule has 2 atom stereocenters. The first-order valence-electron chi connectivity index (χ1n) is 9.23. The minimum absolute atomic E-state index is 0.187. The predicted octanol–water partition coefficient (Wildman–Crippen LogP) is 4.06. The molecule has 2 heterocycles. The normalized spacial score (nSPS) is 22.4. The van der Waals surface area contributed by atoms with Crippen LogP contribution in [0.4, 0.5) is 4.39 Å². The van der Waals surface area contributed by atoms with E-state index in [0.717, 1.165) is 43.3 Å². The van der Waals surface area contributed by atoms with E-state index in [1.807, 2.05) is 30.3 Å². The summed E-state index contributed by atoms with van der Waals surface area (Å²) in [6.07, 6.45) is 1.06. The smallest absolute Gasteiger partial charge is 0.231 e. The number of halogens is 1. The molecule has 0 bridgehead atoms. The lowest BCUT2D eigenvalue weighted by atomic mass is 9.81. The van der Waals surface area contributed by atoms with E-state index >= 15 is 0 Å². The van der Waals surface area contributed by atoms with Gasteiger partial charge in [-0.05, 0) is 55.3 Å². The van der Waals surface area contributed by atoms with Gasteiger partial charge in [-0.3, -0.25) is 0 Å². The van der Waals surface area contributed by atoms with Gasteiger partial charge in [0.15, 0.2) is 11.5 Å². The first-order chi connectivity index (χ1) is 12.7. The second kappa shape index (κ2) is 7.54. The second-order valence-corrected chi connectivity index (χ2v) is 6.93. The van der Waals surface area contributed by atoms with Gasteiger partial charge in [-0.2, -0.15) is 0 Å². The quantitative estimate of drug-likeness (QED) is 0.807. The third kappa shape index (κ3) is 3.63. The summed E-state index contributed by atoms with van der Waals surface area (Å²) in [5.74, 6) is 2.84. The van der Waals surface area contributed by atoms with Crippen molar-refractivity contribution in [1.82, 2.24) is 4.90 Å². The van der Waals surface area contributed by atoms with E-state index in [1.165, 1.54) is 5.56 Å². The van der Waals surface area contributed by atoms with Crippen molar-refractivity contribution in [2.24, 2.45) is 5.92 Å². The van der Waals surface area contributed by atoms with Gasteiger partial charge in [0.25, 0.3) is 0 Å². The number of fused-ring (bicyclic) bond motifs is 1. The molecule has 26 heavy (non-hydrogen) atoms. The van der Waals surface area contributed by atoms with E-state index in [1.54, 1.807) is 12.1 Å². The molecular weight excluding hydrogens is 333 g/mol. The fraction of sp³-hybridized carbons (Fsp3) is 0.429. The third-order valence-corrected chi connectivity index (χ3v) is 5.37. The van der Waals surface area contributed by atoms with Crippen LogP contribution in [0.2, 0.25) is 0 Å². The largest absolute Gasteiger partial charge is 0.493 e. The van der Waals surface area contributed by atoms with E-state index in [2.05, 4.69) is 11.8 Å². The molecule has 1 fully saturated rings. The van der Waals surface area contributed by atoms with Crippen LogP contribution in [0.1, 0.15) is 24.8 Å². The standard InChI is InChI=1S/C21H24FNO3/c1-2-23-10-9-19(15-3-5-17(22)6-4-15)16(12-23)13-24-18-7-8-20-21(11-18)26-14-25-20/h3-8,11,16,19H,2,9-10,12-14H2,1H3. The zero-order valence-corrected chi connectivity index (χ0v) is 15.0. The fourth-order valence-electron chi connectivity index (χ4n) is 3.88. The minimum Gasteiger partial charge on any atom is -0.493 e. The van der Waals surface area contributed by atoms with Crippen LogP contribution in [0.3, 0.4) is 0 Å². The zero-order chi connectivity index (χ0) is 17.9. The summed E-state index contributed by atoms with van der Waals surface area (Å²) in [5, 5.41) is 0. The average Bonchev–Trinajstić information content (AvgIpc) is 3.14. The Balaban J connectivity index is 1.47. The van der Waals surface area contributed by atoms with Crippen LogP contribution >= 0.6 is 0 Å². The number of rotatable bonds is 5. The maximum atomic E-state index is 13.3. The van der Waals surface area contributed by atoms with E-state index in [4.69, 9.17) is 14.2 Å². The maximum Gasteiger partial charge on any atom is 0.231 e. The van der Waals surface area contributed by atoms with Crippen molar-refractivity contribution in [3.8, 4) is 17.2 Å². The summed E-state index contributed by atoms with van der Waals surface area (Å²) in [6.45, 7) is 6.17. The van der Waals surface area contributed by atoms with E-state index in [0.29, 0.717) is 18.4 Å². The van der Waals surface area contributed by atoms with Crippen molar-refractivity contribution in [1.29, 1.82) is 0 Å². The fourth-order valence-corrected chi connectivity index (χ4v) is 3.88. The first kappa shape index (κ1) is 17.2. The van der Waals surface area contributed by atoms with Gasteiger partial charge < -0.3 is 19.1 Å². The number of ether oxygens (including phenoxy) is 3. The Hall–Kier alpha value is -2.27. The highest BCUT2D eigenvalue weighted by Crippen LogP contribution is 2.37. The molecule has 0 saturated carbocycles. The molecule has 2 unspecified atom stereocenters. The van der Waals surface area contributed by atoms with Gasteiger partial charge in [0.2, 0.25) is 6.79 Å². The Kier molecular flexibility index (Phi) is 4.98. The molecule has 138 valence electrons. The van der Waals surface area contributed by atoms with Crippen LogP contribution in [0.25, 0.3) is 0 Å². The summed E-state index contributed by atoms with van der Waals surface area (Å²) in [5.41, 5.74) is 1.20. The summed E-state index contributed by atoms with van der Waals surface area (Å²) < 4.78 is 30.2. The third-order valence-electron chi connectivity index (χ3n) is 5.37. The molecule has 2 aliphatic heterocycles. The Morgan fingerprint density at radius 3 is 2.73 bits per heavy atom. The van der Waals surface area contributed by atoms with Crippen molar-refractivity contribution in [2.75, 3.05) is 33.0 Å². The van der Waals surface area contributed by atoms with E-state index in [-0.39, 0.29) is 12.6 Å². The summed E-state index contributed by atoms with van der Waals surface area (Å²) in [6, 6.07) is 12.6. The van der Waals surface area contributed by atoms with Crippen LogP contribution in [0, 0.1) is 11.7 Å². The molecule has 2 aromatic carbocycles. The molecule has 4 rings (SSSR count). The summed E-state index contributed by atoms with van der Waals surface area (Å²) in [4.78, 5) is 2.45. The predicted molar refractivity (Wildman–Crippen MR) is 97.4 cm³/mol. The van der Waals surface area contributed by atoms with Gasteiger partial charge in [0.1, 0.15) is 11.6 Å². The van der Waals surface area contributed by atoms with Crippen molar-refractivity contribution >= 4 is 0 Å². The molecule has 1 saturated heterocycles. The number of piperidine rings is 1. The van der Waals surface area contributed by atoms with Gasteiger partial charge in [0.05, 0.1) is 6.61 Å². The molecule has 4 nitrogen and oxygen atoms in total. The summed E-state index contributed by atoms with van der Waals surface area (Å²) in [7, 11) is 0. The molecule has 5 heteroatoms. The monoisotopic (exact) mass is 357 g/mol. The van der Waals surface area contributed by atoms with Gasteiger partial charge >= 0.3 is 0 Å². The Morgan fingerprint density at radius 2 is 1.92 bits per heavy atom. The number of hydrogen-bond donors (Lipinski definition) is 0. The van der Waals surface area contributed by atoms with Crippen LogP contribution < -0.4 is 14.2 Å². The number of nitrogens with zero attached hydrogens (tertiary/aromatic N) is 1. The molecular formula is C21H24FNO3. The molecule has 0 aromatic heterocycles. The average molecular weight is 357 g/mol. The molecule has 0 N–H and O–H groups in total. The van der Waals surface area contributed by atoms with Crippen LogP contribution in [-0.4, -0.2) is 37.9 Å². The van der Waals surface area contributed by atoms with Crippen LogP contribution in [0.15, 0.2) is 42.5 Å². The molecule has 0 radical (unpaired) electrons. The Labute approximate surface area is 153 Å². The van der Waals surface area contributed by atoms with Gasteiger partial charge in [-0.1, -0.05) is 19.1 Å². The molecule has 0 amide bonds. The highest BCUT2D eigenvalue weighted by atomic mass is 19.1. The molecule has 2 aliphatic rings. The van der Waals surface area contributed by atoms with E-state index < -0.39 is 0 Å². The zero-order valence-electron chi connectivity index (χ0n) is 15.0. The van der Waals surface area contributed by atoms with E-state index in [9.17, 15) is 4.39 Å². The lowest BCUT2D eigenvalue weighted by Gasteiger charge is -2.38. The molecule has 2 aromatic rings. The number of benzene rings is 2.